The van der Waals surface area contributed by atoms with Gasteiger partial charge in [0.1, 0.15) is 0 Å². The van der Waals surface area contributed by atoms with E-state index in [-0.39, 0.29) is 30.9 Å². The maximum Gasteiger partial charge on any atom is 0.319 e. The van der Waals surface area contributed by atoms with E-state index in [2.05, 4.69) is 26.8 Å². The highest BCUT2D eigenvalue weighted by atomic mass is 16.5. The number of aryl methyl sites for hydroxylation is 2. The number of hydrogen-bond acceptors (Lipinski definition) is 4. The molecule has 0 spiro atoms. The summed E-state index contributed by atoms with van der Waals surface area (Å²) in [5.74, 6) is -0.679. The Morgan fingerprint density at radius 1 is 0.964 bits per heavy atom. The zero-order valence-electron chi connectivity index (χ0n) is 16.3. The zero-order chi connectivity index (χ0) is 20.5. The molecule has 28 heavy (non-hydrogen) atoms. The highest BCUT2D eigenvalue weighted by molar-refractivity contribution is 5.95. The van der Waals surface area contributed by atoms with Gasteiger partial charge in [-0.3, -0.25) is 9.59 Å². The molecule has 0 aliphatic carbocycles. The predicted molar refractivity (Wildman–Crippen MR) is 107 cm³/mol. The van der Waals surface area contributed by atoms with Crippen LogP contribution in [0, 0.1) is 13.8 Å². The maximum atomic E-state index is 12.1. The summed E-state index contributed by atoms with van der Waals surface area (Å²) in [7, 11) is 1.30. The van der Waals surface area contributed by atoms with E-state index in [0.717, 1.165) is 11.1 Å². The molecule has 0 aliphatic heterocycles. The number of ether oxygens (including phenoxy) is 1. The second-order valence-electron chi connectivity index (χ2n) is 6.40. The number of carbonyl (C=O) groups excluding carboxylic acids is 3. The first-order chi connectivity index (χ1) is 13.4. The SMILES string of the molecule is COC(=O)CCNC(=O)c1ccc(NC(=O)NCc2ccc(C)cc2C)cc1. The lowest BCUT2D eigenvalue weighted by Crippen LogP contribution is -2.28. The number of nitrogens with one attached hydrogen (secondary N) is 3. The van der Waals surface area contributed by atoms with Crippen LogP contribution in [0.3, 0.4) is 0 Å². The molecule has 0 aliphatic rings. The molecule has 2 aromatic carbocycles. The highest BCUT2D eigenvalue weighted by Gasteiger charge is 2.08. The van der Waals surface area contributed by atoms with Gasteiger partial charge in [0.25, 0.3) is 5.91 Å². The fraction of sp³-hybridized carbons (Fsp3) is 0.286. The van der Waals surface area contributed by atoms with E-state index >= 15 is 0 Å². The summed E-state index contributed by atoms with van der Waals surface area (Å²) in [4.78, 5) is 35.1. The average Bonchev–Trinajstić information content (AvgIpc) is 2.67. The van der Waals surface area contributed by atoms with Crippen LogP contribution in [0.2, 0.25) is 0 Å². The van der Waals surface area contributed by atoms with Crippen molar-refractivity contribution in [2.75, 3.05) is 19.0 Å². The normalized spacial score (nSPS) is 10.1. The number of urea groups is 1. The predicted octanol–water partition coefficient (Wildman–Crippen LogP) is 2.92. The molecule has 3 amide bonds. The topological polar surface area (TPSA) is 96.5 Å². The van der Waals surface area contributed by atoms with Crippen molar-refractivity contribution in [3.63, 3.8) is 0 Å². The lowest BCUT2D eigenvalue weighted by molar-refractivity contribution is -0.140. The quantitative estimate of drug-likeness (QED) is 0.641. The number of esters is 1. The Bertz CT molecular complexity index is 847. The van der Waals surface area contributed by atoms with Gasteiger partial charge in [-0.15, -0.1) is 0 Å². The fourth-order valence-corrected chi connectivity index (χ4v) is 2.58. The third kappa shape index (κ3) is 6.42. The Kier molecular flexibility index (Phi) is 7.56. The highest BCUT2D eigenvalue weighted by Crippen LogP contribution is 2.11. The molecular weight excluding hydrogens is 358 g/mol. The maximum absolute atomic E-state index is 12.1. The molecular formula is C21H25N3O4. The van der Waals surface area contributed by atoms with Crippen LogP contribution >= 0.6 is 0 Å². The van der Waals surface area contributed by atoms with E-state index in [4.69, 9.17) is 0 Å². The van der Waals surface area contributed by atoms with Crippen LogP contribution in [0.25, 0.3) is 0 Å². The van der Waals surface area contributed by atoms with Gasteiger partial charge in [0, 0.05) is 24.3 Å². The summed E-state index contributed by atoms with van der Waals surface area (Å²) in [5.41, 5.74) is 4.37. The van der Waals surface area contributed by atoms with Crippen LogP contribution in [0.15, 0.2) is 42.5 Å². The minimum atomic E-state index is -0.383. The van der Waals surface area contributed by atoms with Crippen molar-refractivity contribution in [2.45, 2.75) is 26.8 Å². The summed E-state index contributed by atoms with van der Waals surface area (Å²) in [6.07, 6.45) is 0.114. The van der Waals surface area contributed by atoms with E-state index in [1.54, 1.807) is 24.3 Å². The molecule has 0 atom stereocenters. The first kappa shape index (κ1) is 21.0. The smallest absolute Gasteiger partial charge is 0.319 e. The van der Waals surface area contributed by atoms with Gasteiger partial charge >= 0.3 is 12.0 Å². The van der Waals surface area contributed by atoms with Crippen LogP contribution in [-0.4, -0.2) is 31.6 Å². The van der Waals surface area contributed by atoms with Crippen molar-refractivity contribution in [3.05, 3.63) is 64.7 Å². The lowest BCUT2D eigenvalue weighted by atomic mass is 10.1. The monoisotopic (exact) mass is 383 g/mol. The molecule has 148 valence electrons. The third-order valence-electron chi connectivity index (χ3n) is 4.18. The number of carbonyl (C=O) groups is 3. The van der Waals surface area contributed by atoms with Crippen molar-refractivity contribution in [3.8, 4) is 0 Å². The van der Waals surface area contributed by atoms with Crippen LogP contribution in [0.5, 0.6) is 0 Å². The number of hydrogen-bond donors (Lipinski definition) is 3. The zero-order valence-corrected chi connectivity index (χ0v) is 16.3. The van der Waals surface area contributed by atoms with Gasteiger partial charge in [0.2, 0.25) is 0 Å². The minimum absolute atomic E-state index is 0.114. The Hall–Kier alpha value is -3.35. The molecule has 0 bridgehead atoms. The molecule has 0 saturated heterocycles. The van der Waals surface area contributed by atoms with E-state index in [0.29, 0.717) is 17.8 Å². The molecule has 7 heteroatoms. The van der Waals surface area contributed by atoms with Crippen LogP contribution < -0.4 is 16.0 Å². The van der Waals surface area contributed by atoms with Gasteiger partial charge in [-0.1, -0.05) is 23.8 Å². The summed E-state index contributed by atoms with van der Waals surface area (Å²) in [6.45, 7) is 4.67. The molecule has 0 heterocycles. The van der Waals surface area contributed by atoms with Gasteiger partial charge in [-0.05, 0) is 49.2 Å². The van der Waals surface area contributed by atoms with Crippen LogP contribution in [0.4, 0.5) is 10.5 Å². The van der Waals surface area contributed by atoms with Crippen molar-refractivity contribution in [2.24, 2.45) is 0 Å². The number of amides is 3. The Morgan fingerprint density at radius 2 is 1.68 bits per heavy atom. The molecule has 7 nitrogen and oxygen atoms in total. The van der Waals surface area contributed by atoms with Gasteiger partial charge in [-0.25, -0.2) is 4.79 Å². The van der Waals surface area contributed by atoms with Crippen molar-refractivity contribution in [1.29, 1.82) is 0 Å². The Morgan fingerprint density at radius 3 is 2.32 bits per heavy atom. The molecule has 0 radical (unpaired) electrons. The van der Waals surface area contributed by atoms with Crippen LogP contribution in [0.1, 0.15) is 33.5 Å². The van der Waals surface area contributed by atoms with E-state index in [1.165, 1.54) is 12.7 Å². The largest absolute Gasteiger partial charge is 0.469 e. The van der Waals surface area contributed by atoms with Gasteiger partial charge in [0.15, 0.2) is 0 Å². The molecule has 0 saturated carbocycles. The number of anilines is 1. The second-order valence-corrected chi connectivity index (χ2v) is 6.40. The van der Waals surface area contributed by atoms with Gasteiger partial charge in [0.05, 0.1) is 13.5 Å². The van der Waals surface area contributed by atoms with E-state index in [9.17, 15) is 14.4 Å². The first-order valence-electron chi connectivity index (χ1n) is 8.95. The van der Waals surface area contributed by atoms with Crippen molar-refractivity contribution >= 4 is 23.6 Å². The van der Waals surface area contributed by atoms with Crippen LogP contribution in [-0.2, 0) is 16.1 Å². The minimum Gasteiger partial charge on any atom is -0.469 e. The lowest BCUT2D eigenvalue weighted by Gasteiger charge is -2.10. The summed E-state index contributed by atoms with van der Waals surface area (Å²) in [6, 6.07) is 12.3. The van der Waals surface area contributed by atoms with Gasteiger partial charge in [-0.2, -0.15) is 0 Å². The van der Waals surface area contributed by atoms with Gasteiger partial charge < -0.3 is 20.7 Å². The fourth-order valence-electron chi connectivity index (χ4n) is 2.58. The Balaban J connectivity index is 1.81. The summed E-state index contributed by atoms with van der Waals surface area (Å²) in [5, 5.41) is 8.18. The molecule has 0 fully saturated rings. The first-order valence-corrected chi connectivity index (χ1v) is 8.95. The van der Waals surface area contributed by atoms with E-state index < -0.39 is 0 Å². The molecule has 0 unspecified atom stereocenters. The molecule has 2 aromatic rings. The molecule has 2 rings (SSSR count). The average molecular weight is 383 g/mol. The third-order valence-corrected chi connectivity index (χ3v) is 4.18. The summed E-state index contributed by atoms with van der Waals surface area (Å²) < 4.78 is 4.51. The molecule has 3 N–H and O–H groups in total. The van der Waals surface area contributed by atoms with Crippen molar-refractivity contribution in [1.82, 2.24) is 10.6 Å². The number of methoxy groups -OCH3 is 1. The number of rotatable bonds is 7. The van der Waals surface area contributed by atoms with Crippen molar-refractivity contribution < 1.29 is 19.1 Å². The second kappa shape index (κ2) is 10.1. The number of benzene rings is 2. The summed E-state index contributed by atoms with van der Waals surface area (Å²) >= 11 is 0. The van der Waals surface area contributed by atoms with E-state index in [1.807, 2.05) is 26.0 Å². The standard InChI is InChI=1S/C21H25N3O4/c1-14-4-5-17(15(2)12-14)13-23-21(27)24-18-8-6-16(7-9-18)20(26)22-11-10-19(25)28-3/h4-9,12H,10-11,13H2,1-3H3,(H,22,26)(H2,23,24,27). The molecule has 0 aromatic heterocycles. The Labute approximate surface area is 164 Å².